The third-order valence-electron chi connectivity index (χ3n) is 8.82. The van der Waals surface area contributed by atoms with Crippen LogP contribution in [-0.4, -0.2) is 71.2 Å². The van der Waals surface area contributed by atoms with Crippen LogP contribution in [0.5, 0.6) is 17.2 Å². The number of nitrogens with one attached hydrogen (secondary N) is 2. The zero-order valence-corrected chi connectivity index (χ0v) is 26.9. The lowest BCUT2D eigenvalue weighted by Gasteiger charge is -2.39. The molecule has 2 aromatic heterocycles. The highest BCUT2D eigenvalue weighted by atomic mass is 19.1. The van der Waals surface area contributed by atoms with E-state index < -0.39 is 23.9 Å². The molecule has 1 saturated heterocycles. The normalized spacial score (nSPS) is 18.1. The van der Waals surface area contributed by atoms with E-state index in [0.717, 1.165) is 11.1 Å². The van der Waals surface area contributed by atoms with Crippen LogP contribution in [0.4, 0.5) is 4.39 Å². The summed E-state index contributed by atoms with van der Waals surface area (Å²) in [5.74, 6) is -0.504. The number of halogens is 1. The fourth-order valence-corrected chi connectivity index (χ4v) is 6.22. The fourth-order valence-electron chi connectivity index (χ4n) is 6.22. The Morgan fingerprint density at radius 1 is 1.02 bits per heavy atom. The van der Waals surface area contributed by atoms with Crippen LogP contribution in [0.15, 0.2) is 85.2 Å². The first-order chi connectivity index (χ1) is 23.7. The highest BCUT2D eigenvalue weighted by Crippen LogP contribution is 2.30. The molecule has 11 nitrogen and oxygen atoms in total. The van der Waals surface area contributed by atoms with Crippen LogP contribution in [-0.2, 0) is 11.3 Å². The topological polar surface area (TPSA) is 124 Å². The molecule has 1 fully saturated rings. The molecular weight excluding hydrogens is 629 g/mol. The van der Waals surface area contributed by atoms with Gasteiger partial charge >= 0.3 is 0 Å². The Hall–Kier alpha value is -5.91. The Kier molecular flexibility index (Phi) is 8.60. The van der Waals surface area contributed by atoms with Gasteiger partial charge in [-0.15, -0.1) is 0 Å². The minimum atomic E-state index is -0.704. The molecule has 8 rings (SSSR count). The van der Waals surface area contributed by atoms with Crippen molar-refractivity contribution in [2.45, 2.75) is 32.0 Å². The van der Waals surface area contributed by atoms with Crippen LogP contribution in [0.3, 0.4) is 0 Å². The van der Waals surface area contributed by atoms with E-state index in [9.17, 15) is 14.4 Å². The number of rotatable bonds is 2. The standard InChI is InChI=1S/C37H34FN5O6/c1-22-6-11-32-29(18-40-43(32)19-22)37(46)42-13-12-33-31(20-42)41-36(45)28-15-24(8-10-30(28)38)23-4-3-5-26(14-23)48-21-35(44)39-17-25-7-9-27(49-33)16-34(25)47-2/h3-11,14-16,18-19,31,33H,12-13,17,20-21H2,1-2H3,(H,39,44)(H,41,45)/t31-,33+/m1/s1. The lowest BCUT2D eigenvalue weighted by molar-refractivity contribution is -0.123. The molecule has 6 bridgehead atoms. The molecule has 3 aliphatic heterocycles. The third-order valence-corrected chi connectivity index (χ3v) is 8.82. The number of carbonyl (C=O) groups excluding carboxylic acids is 3. The minimum Gasteiger partial charge on any atom is -0.496 e. The summed E-state index contributed by atoms with van der Waals surface area (Å²) in [6.07, 6.45) is 3.20. The molecule has 5 aromatic rings. The molecular formula is C37H34FN5O6. The fraction of sp³-hybridized carbons (Fsp3) is 0.243. The van der Waals surface area contributed by atoms with Crippen molar-refractivity contribution in [1.82, 2.24) is 25.1 Å². The Bertz CT molecular complexity index is 2080. The van der Waals surface area contributed by atoms with Crippen molar-refractivity contribution >= 4 is 23.2 Å². The molecule has 12 heteroatoms. The number of pyridine rings is 1. The number of hydrogen-bond acceptors (Lipinski definition) is 7. The van der Waals surface area contributed by atoms with Gasteiger partial charge in [0.1, 0.15) is 29.2 Å². The molecule has 3 aliphatic rings. The van der Waals surface area contributed by atoms with Gasteiger partial charge in [0.15, 0.2) is 6.61 Å². The second-order valence-electron chi connectivity index (χ2n) is 12.1. The van der Waals surface area contributed by atoms with Gasteiger partial charge in [0.25, 0.3) is 17.7 Å². The Morgan fingerprint density at radius 3 is 2.73 bits per heavy atom. The first kappa shape index (κ1) is 31.7. The largest absolute Gasteiger partial charge is 0.496 e. The molecule has 0 radical (unpaired) electrons. The highest BCUT2D eigenvalue weighted by molar-refractivity contribution is 6.01. The number of piperidine rings is 1. The Labute approximate surface area is 281 Å². The summed E-state index contributed by atoms with van der Waals surface area (Å²) in [4.78, 5) is 42.0. The number of aryl methyl sites for hydroxylation is 1. The van der Waals surface area contributed by atoms with E-state index in [1.165, 1.54) is 19.2 Å². The van der Waals surface area contributed by atoms with Crippen molar-refractivity contribution in [3.8, 4) is 28.4 Å². The van der Waals surface area contributed by atoms with E-state index in [2.05, 4.69) is 15.7 Å². The van der Waals surface area contributed by atoms with Gasteiger partial charge in [-0.3, -0.25) is 14.4 Å². The van der Waals surface area contributed by atoms with Crippen LogP contribution in [0.25, 0.3) is 16.6 Å². The predicted molar refractivity (Wildman–Crippen MR) is 178 cm³/mol. The average molecular weight is 664 g/mol. The lowest BCUT2D eigenvalue weighted by Crippen LogP contribution is -2.58. The number of ether oxygens (including phenoxy) is 3. The molecule has 250 valence electrons. The molecule has 49 heavy (non-hydrogen) atoms. The lowest BCUT2D eigenvalue weighted by atomic mass is 9.99. The number of methoxy groups -OCH3 is 1. The van der Waals surface area contributed by atoms with E-state index in [-0.39, 0.29) is 37.1 Å². The van der Waals surface area contributed by atoms with Crippen LogP contribution < -0.4 is 24.8 Å². The van der Waals surface area contributed by atoms with Crippen molar-refractivity contribution in [2.24, 2.45) is 0 Å². The van der Waals surface area contributed by atoms with Gasteiger partial charge in [-0.05, 0) is 66.1 Å². The van der Waals surface area contributed by atoms with Gasteiger partial charge in [0.05, 0.1) is 36.0 Å². The maximum atomic E-state index is 15.3. The molecule has 2 N–H and O–H groups in total. The molecule has 0 unspecified atom stereocenters. The molecule has 3 aromatic carbocycles. The minimum absolute atomic E-state index is 0.111. The molecule has 2 atom stereocenters. The number of benzene rings is 3. The Balaban J connectivity index is 1.24. The second-order valence-corrected chi connectivity index (χ2v) is 12.1. The van der Waals surface area contributed by atoms with Crippen molar-refractivity contribution < 1.29 is 33.0 Å². The first-order valence-electron chi connectivity index (χ1n) is 15.9. The van der Waals surface area contributed by atoms with Crippen molar-refractivity contribution in [3.63, 3.8) is 0 Å². The number of amides is 3. The summed E-state index contributed by atoms with van der Waals surface area (Å²) in [6.45, 7) is 2.39. The number of nitrogens with zero attached hydrogens (tertiary/aromatic N) is 3. The number of aromatic nitrogens is 2. The summed E-state index contributed by atoms with van der Waals surface area (Å²) in [6, 6.07) is 19.6. The van der Waals surface area contributed by atoms with E-state index in [0.29, 0.717) is 52.4 Å². The predicted octanol–water partition coefficient (Wildman–Crippen LogP) is 4.56. The zero-order chi connectivity index (χ0) is 34.1. The summed E-state index contributed by atoms with van der Waals surface area (Å²) in [5.41, 5.74) is 3.93. The van der Waals surface area contributed by atoms with Crippen molar-refractivity contribution in [1.29, 1.82) is 0 Å². The van der Waals surface area contributed by atoms with Gasteiger partial charge < -0.3 is 29.7 Å². The summed E-state index contributed by atoms with van der Waals surface area (Å²) < 4.78 is 34.7. The van der Waals surface area contributed by atoms with Crippen LogP contribution in [0.1, 0.15) is 38.3 Å². The third kappa shape index (κ3) is 6.62. The quantitative estimate of drug-likeness (QED) is 0.284. The molecule has 3 amide bonds. The van der Waals surface area contributed by atoms with Crippen LogP contribution in [0, 0.1) is 12.7 Å². The van der Waals surface area contributed by atoms with E-state index in [1.54, 1.807) is 64.1 Å². The number of likely N-dealkylation sites (tertiary alicyclic amines) is 1. The monoisotopic (exact) mass is 663 g/mol. The van der Waals surface area contributed by atoms with Crippen LogP contribution >= 0.6 is 0 Å². The Morgan fingerprint density at radius 2 is 1.88 bits per heavy atom. The van der Waals surface area contributed by atoms with Gasteiger partial charge in [0, 0.05) is 43.9 Å². The van der Waals surface area contributed by atoms with Gasteiger partial charge in [-0.2, -0.15) is 5.10 Å². The van der Waals surface area contributed by atoms with Crippen molar-refractivity contribution in [3.05, 3.63) is 113 Å². The molecule has 0 spiro atoms. The zero-order valence-electron chi connectivity index (χ0n) is 26.9. The summed E-state index contributed by atoms with van der Waals surface area (Å²) in [7, 11) is 1.52. The smallest absolute Gasteiger partial charge is 0.258 e. The molecule has 0 aliphatic carbocycles. The number of fused-ring (bicyclic) bond motifs is 8. The highest BCUT2D eigenvalue weighted by Gasteiger charge is 2.36. The number of hydrogen-bond donors (Lipinski definition) is 2. The second kappa shape index (κ2) is 13.3. The van der Waals surface area contributed by atoms with E-state index >= 15 is 4.39 Å². The van der Waals surface area contributed by atoms with E-state index in [4.69, 9.17) is 14.2 Å². The summed E-state index contributed by atoms with van der Waals surface area (Å²) in [5, 5.41) is 10.2. The first-order valence-corrected chi connectivity index (χ1v) is 15.9. The SMILES string of the molecule is COc1cc2ccc1CNC(=O)COc1cccc(c1)-c1ccc(F)c(c1)C(=O)N[C@@H]1CN(C(=O)c3cnn4cc(C)ccc34)CC[C@@H]1O2. The number of carbonyl (C=O) groups is 3. The summed E-state index contributed by atoms with van der Waals surface area (Å²) >= 11 is 0. The van der Waals surface area contributed by atoms with E-state index in [1.807, 2.05) is 25.3 Å². The molecule has 0 saturated carbocycles. The average Bonchev–Trinajstić information content (AvgIpc) is 3.53. The van der Waals surface area contributed by atoms with Gasteiger partial charge in [-0.1, -0.05) is 24.3 Å². The van der Waals surface area contributed by atoms with Crippen molar-refractivity contribution in [2.75, 3.05) is 26.8 Å². The maximum absolute atomic E-state index is 15.3. The van der Waals surface area contributed by atoms with Gasteiger partial charge in [-0.25, -0.2) is 8.91 Å². The molecule has 5 heterocycles. The maximum Gasteiger partial charge on any atom is 0.258 e. The van der Waals surface area contributed by atoms with Gasteiger partial charge in [0.2, 0.25) is 0 Å². The van der Waals surface area contributed by atoms with Crippen LogP contribution in [0.2, 0.25) is 0 Å².